The van der Waals surface area contributed by atoms with Crippen molar-refractivity contribution in [2.75, 3.05) is 26.3 Å². The smallest absolute Gasteiger partial charge is 0.336 e. The van der Waals surface area contributed by atoms with Crippen LogP contribution in [-0.4, -0.2) is 49.2 Å². The van der Waals surface area contributed by atoms with Crippen LogP contribution in [0.2, 0.25) is 0 Å². The van der Waals surface area contributed by atoms with Gasteiger partial charge in [-0.2, -0.15) is 0 Å². The van der Waals surface area contributed by atoms with Crippen LogP contribution in [-0.2, 0) is 48.9 Å². The van der Waals surface area contributed by atoms with Crippen molar-refractivity contribution in [2.45, 2.75) is 81.3 Å². The molecule has 0 saturated heterocycles. The van der Waals surface area contributed by atoms with E-state index in [1.165, 1.54) is 17.6 Å². The molecule has 0 bridgehead atoms. The van der Waals surface area contributed by atoms with Crippen LogP contribution in [0.25, 0.3) is 0 Å². The first-order valence-corrected chi connectivity index (χ1v) is 14.4. The van der Waals surface area contributed by atoms with Gasteiger partial charge in [-0.25, -0.2) is 5.06 Å². The third-order valence-electron chi connectivity index (χ3n) is 5.28. The normalized spacial score (nSPS) is 12.4. The molecule has 0 heterocycles. The maximum atomic E-state index is 13.3. The van der Waals surface area contributed by atoms with Crippen LogP contribution < -0.4 is 0 Å². The van der Waals surface area contributed by atoms with Crippen LogP contribution in [0.1, 0.15) is 85.8 Å². The summed E-state index contributed by atoms with van der Waals surface area (Å²) in [5, 5.41) is 1.18. The Morgan fingerprint density at radius 1 is 0.868 bits per heavy atom. The molecule has 0 atom stereocenters. The highest BCUT2D eigenvalue weighted by atomic mass is 31.2. The van der Waals surface area contributed by atoms with Crippen molar-refractivity contribution in [2.24, 2.45) is 10.8 Å². The topological polar surface area (TPSA) is 118 Å². The molecule has 0 aliphatic carbocycles. The summed E-state index contributed by atoms with van der Waals surface area (Å²) in [6.07, 6.45) is 0.0486. The minimum Gasteiger partial charge on any atom is -0.438 e. The van der Waals surface area contributed by atoms with Gasteiger partial charge in [0, 0.05) is 13.5 Å². The van der Waals surface area contributed by atoms with Crippen molar-refractivity contribution in [3.63, 3.8) is 0 Å². The lowest BCUT2D eigenvalue weighted by Gasteiger charge is -2.24. The number of esters is 2. The third kappa shape index (κ3) is 12.5. The Bertz CT molecular complexity index is 926. The molecule has 38 heavy (non-hydrogen) atoms. The zero-order valence-electron chi connectivity index (χ0n) is 24.2. The Morgan fingerprint density at radius 3 is 1.74 bits per heavy atom. The highest BCUT2D eigenvalue weighted by molar-refractivity contribution is 7.53. The van der Waals surface area contributed by atoms with E-state index in [2.05, 4.69) is 13.8 Å². The van der Waals surface area contributed by atoms with Crippen LogP contribution in [0.3, 0.4) is 0 Å². The molecule has 0 aliphatic heterocycles. The van der Waals surface area contributed by atoms with Crippen molar-refractivity contribution in [3.05, 3.63) is 35.4 Å². The first kappa shape index (κ1) is 33.8. The van der Waals surface area contributed by atoms with Gasteiger partial charge in [0.2, 0.25) is 19.5 Å². The minimum atomic E-state index is -3.86. The molecule has 216 valence electrons. The summed E-state index contributed by atoms with van der Waals surface area (Å²) < 4.78 is 34.1. The standard InChI is InChI=1S/C27H44NO9P/c1-20(2)23-13-11-22(12-14-23)17-35-28(21(3)29)15-10-16-38(32,36-18-33-24(30)26(4,5)6)37-19-34-25(31)27(7,8)9/h11-14,20H,10,15-19H2,1-9H3. The predicted molar refractivity (Wildman–Crippen MR) is 143 cm³/mol. The second kappa shape index (κ2) is 14.8. The van der Waals surface area contributed by atoms with Gasteiger partial charge in [-0.3, -0.25) is 32.8 Å². The molecule has 1 aromatic rings. The first-order chi connectivity index (χ1) is 17.4. The number of nitrogens with zero attached hydrogens (tertiary/aromatic N) is 1. The van der Waals surface area contributed by atoms with Gasteiger partial charge in [0.1, 0.15) is 6.61 Å². The Kier molecular flexibility index (Phi) is 13.1. The lowest BCUT2D eigenvalue weighted by atomic mass is 9.98. The number of rotatable bonds is 14. The fourth-order valence-electron chi connectivity index (χ4n) is 2.79. The van der Waals surface area contributed by atoms with Crippen molar-refractivity contribution in [1.82, 2.24) is 5.06 Å². The molecule has 0 radical (unpaired) electrons. The van der Waals surface area contributed by atoms with E-state index in [4.69, 9.17) is 23.4 Å². The number of benzene rings is 1. The quantitative estimate of drug-likeness (QED) is 0.121. The summed E-state index contributed by atoms with van der Waals surface area (Å²) in [5.74, 6) is -0.993. The molecule has 0 saturated carbocycles. The summed E-state index contributed by atoms with van der Waals surface area (Å²) >= 11 is 0. The van der Waals surface area contributed by atoms with Crippen LogP contribution in [0.5, 0.6) is 0 Å². The fraction of sp³-hybridized carbons (Fsp3) is 0.667. The number of hydroxylamine groups is 2. The zero-order valence-corrected chi connectivity index (χ0v) is 25.1. The molecule has 11 heteroatoms. The monoisotopic (exact) mass is 557 g/mol. The van der Waals surface area contributed by atoms with Gasteiger partial charge >= 0.3 is 19.5 Å². The van der Waals surface area contributed by atoms with Gasteiger partial charge in [-0.1, -0.05) is 38.1 Å². The average molecular weight is 558 g/mol. The lowest BCUT2D eigenvalue weighted by molar-refractivity contribution is -0.189. The Morgan fingerprint density at radius 2 is 1.34 bits per heavy atom. The molecule has 0 spiro atoms. The van der Waals surface area contributed by atoms with Crippen LogP contribution in [0, 0.1) is 10.8 Å². The van der Waals surface area contributed by atoms with Gasteiger partial charge in [0.15, 0.2) is 0 Å². The zero-order chi connectivity index (χ0) is 29.1. The molecule has 0 aliphatic rings. The van der Waals surface area contributed by atoms with Crippen LogP contribution in [0.15, 0.2) is 24.3 Å². The van der Waals surface area contributed by atoms with E-state index in [9.17, 15) is 18.9 Å². The first-order valence-electron chi connectivity index (χ1n) is 12.7. The highest BCUT2D eigenvalue weighted by Crippen LogP contribution is 2.49. The highest BCUT2D eigenvalue weighted by Gasteiger charge is 2.30. The van der Waals surface area contributed by atoms with Gasteiger partial charge in [0.25, 0.3) is 0 Å². The summed E-state index contributed by atoms with van der Waals surface area (Å²) in [6, 6.07) is 7.93. The SMILES string of the molecule is CC(=O)N(CCCP(=O)(OCOC(=O)C(C)(C)C)OCOC(=O)C(C)(C)C)OCc1ccc(C(C)C)cc1. The van der Waals surface area contributed by atoms with Crippen molar-refractivity contribution < 1.29 is 42.3 Å². The number of carbonyl (C=O) groups is 3. The van der Waals surface area contributed by atoms with E-state index < -0.39 is 44.0 Å². The molecule has 1 aromatic carbocycles. The predicted octanol–water partition coefficient (Wildman–Crippen LogP) is 5.80. The maximum Gasteiger partial charge on any atom is 0.336 e. The Balaban J connectivity index is 2.74. The number of amides is 1. The Labute approximate surface area is 226 Å². The minimum absolute atomic E-state index is 0.111. The second-order valence-corrected chi connectivity index (χ2v) is 13.5. The summed E-state index contributed by atoms with van der Waals surface area (Å²) in [6.45, 7) is 14.7. The lowest BCUT2D eigenvalue weighted by Crippen LogP contribution is -2.30. The molecule has 0 N–H and O–H groups in total. The molecule has 10 nitrogen and oxygen atoms in total. The van der Waals surface area contributed by atoms with E-state index in [1.54, 1.807) is 41.5 Å². The van der Waals surface area contributed by atoms with Crippen molar-refractivity contribution >= 4 is 25.4 Å². The molecule has 0 aromatic heterocycles. The van der Waals surface area contributed by atoms with E-state index in [0.29, 0.717) is 5.92 Å². The number of hydrogen-bond donors (Lipinski definition) is 0. The molecule has 0 unspecified atom stereocenters. The van der Waals surface area contributed by atoms with Gasteiger partial charge in [-0.15, -0.1) is 0 Å². The molecule has 0 fully saturated rings. The number of hydrogen-bond acceptors (Lipinski definition) is 9. The van der Waals surface area contributed by atoms with Gasteiger partial charge < -0.3 is 9.47 Å². The second-order valence-electron chi connectivity index (χ2n) is 11.3. The van der Waals surface area contributed by atoms with Crippen LogP contribution in [0.4, 0.5) is 0 Å². The molecule has 1 amide bonds. The van der Waals surface area contributed by atoms with Crippen molar-refractivity contribution in [1.29, 1.82) is 0 Å². The average Bonchev–Trinajstić information content (AvgIpc) is 2.80. The summed E-state index contributed by atoms with van der Waals surface area (Å²) in [7, 11) is -3.86. The number of ether oxygens (including phenoxy) is 2. The van der Waals surface area contributed by atoms with Crippen LogP contribution >= 0.6 is 7.60 Å². The Hall–Kier alpha value is -2.26. The van der Waals surface area contributed by atoms with E-state index in [1.807, 2.05) is 24.3 Å². The maximum absolute atomic E-state index is 13.3. The largest absolute Gasteiger partial charge is 0.438 e. The number of carbonyl (C=O) groups excluding carboxylic acids is 3. The van der Waals surface area contributed by atoms with Crippen molar-refractivity contribution in [3.8, 4) is 0 Å². The third-order valence-corrected chi connectivity index (χ3v) is 7.14. The van der Waals surface area contributed by atoms with Gasteiger partial charge in [0.05, 0.1) is 17.0 Å². The van der Waals surface area contributed by atoms with E-state index in [-0.39, 0.29) is 31.6 Å². The summed E-state index contributed by atoms with van der Waals surface area (Å²) in [5.41, 5.74) is 0.559. The summed E-state index contributed by atoms with van der Waals surface area (Å²) in [4.78, 5) is 41.8. The molecular weight excluding hydrogens is 513 g/mol. The fourth-order valence-corrected chi connectivity index (χ4v) is 4.08. The van der Waals surface area contributed by atoms with E-state index in [0.717, 1.165) is 5.56 Å². The van der Waals surface area contributed by atoms with E-state index >= 15 is 0 Å². The molecule has 1 rings (SSSR count). The molecular formula is C27H44NO9P. The van der Waals surface area contributed by atoms with Gasteiger partial charge in [-0.05, 0) is 65.0 Å².